The van der Waals surface area contributed by atoms with Gasteiger partial charge in [-0.15, -0.1) is 12.4 Å². The predicted octanol–water partition coefficient (Wildman–Crippen LogP) is 4.31. The lowest BCUT2D eigenvalue weighted by atomic mass is 10.0. The van der Waals surface area contributed by atoms with E-state index in [4.69, 9.17) is 0 Å². The van der Waals surface area contributed by atoms with Gasteiger partial charge in [-0.25, -0.2) is 4.39 Å². The summed E-state index contributed by atoms with van der Waals surface area (Å²) in [5, 5.41) is 0. The van der Waals surface area contributed by atoms with Crippen molar-refractivity contribution in [3.8, 4) is 0 Å². The standard InChI is InChI=1S/C21H25FN2O.ClH/c1-17(25)24(21-10-6-5-9-20(21)22)19-12-15-23(16-13-19)14-11-18-7-3-2-4-8-18;/h2-10,19H,11-16H2,1H3;1H. The van der Waals surface area contributed by atoms with Crippen LogP contribution in [0.4, 0.5) is 10.1 Å². The van der Waals surface area contributed by atoms with Crippen LogP contribution in [0.3, 0.4) is 0 Å². The van der Waals surface area contributed by atoms with Crippen LogP contribution in [0.5, 0.6) is 0 Å². The molecule has 0 saturated carbocycles. The molecule has 1 heterocycles. The Bertz CT molecular complexity index is 702. The van der Waals surface area contributed by atoms with E-state index in [1.54, 1.807) is 23.1 Å². The molecule has 0 bridgehead atoms. The maximum atomic E-state index is 14.1. The van der Waals surface area contributed by atoms with E-state index >= 15 is 0 Å². The van der Waals surface area contributed by atoms with Crippen LogP contribution in [0.1, 0.15) is 25.3 Å². The smallest absolute Gasteiger partial charge is 0.224 e. The van der Waals surface area contributed by atoms with Crippen LogP contribution in [0.15, 0.2) is 54.6 Å². The SMILES string of the molecule is CC(=O)N(c1ccccc1F)C1CCN(CCc2ccccc2)CC1.Cl. The van der Waals surface area contributed by atoms with E-state index in [-0.39, 0.29) is 30.2 Å². The molecule has 1 saturated heterocycles. The summed E-state index contributed by atoms with van der Waals surface area (Å²) in [5.41, 5.74) is 1.75. The van der Waals surface area contributed by atoms with E-state index in [0.717, 1.165) is 38.9 Å². The van der Waals surface area contributed by atoms with Crippen LogP contribution < -0.4 is 4.90 Å². The minimum Gasteiger partial charge on any atom is -0.307 e. The summed E-state index contributed by atoms with van der Waals surface area (Å²) >= 11 is 0. The van der Waals surface area contributed by atoms with Gasteiger partial charge in [-0.05, 0) is 37.0 Å². The normalized spacial score (nSPS) is 15.3. The van der Waals surface area contributed by atoms with Crippen molar-refractivity contribution in [2.24, 2.45) is 0 Å². The van der Waals surface area contributed by atoms with E-state index in [2.05, 4.69) is 29.2 Å². The maximum Gasteiger partial charge on any atom is 0.224 e. The Hall–Kier alpha value is -1.91. The van der Waals surface area contributed by atoms with Crippen molar-refractivity contribution in [1.29, 1.82) is 0 Å². The lowest BCUT2D eigenvalue weighted by molar-refractivity contribution is -0.117. The fraction of sp³-hybridized carbons (Fsp3) is 0.381. The number of nitrogens with zero attached hydrogens (tertiary/aromatic N) is 2. The summed E-state index contributed by atoms with van der Waals surface area (Å²) < 4.78 is 14.1. The van der Waals surface area contributed by atoms with Gasteiger partial charge in [0.2, 0.25) is 5.91 Å². The van der Waals surface area contributed by atoms with Crippen molar-refractivity contribution in [2.45, 2.75) is 32.2 Å². The topological polar surface area (TPSA) is 23.6 Å². The molecule has 5 heteroatoms. The molecule has 0 aliphatic carbocycles. The average Bonchev–Trinajstić information content (AvgIpc) is 2.63. The molecule has 1 aliphatic rings. The van der Waals surface area contributed by atoms with Crippen molar-refractivity contribution in [3.63, 3.8) is 0 Å². The highest BCUT2D eigenvalue weighted by molar-refractivity contribution is 5.92. The van der Waals surface area contributed by atoms with Crippen molar-refractivity contribution in [3.05, 3.63) is 66.0 Å². The molecule has 0 N–H and O–H groups in total. The largest absolute Gasteiger partial charge is 0.307 e. The summed E-state index contributed by atoms with van der Waals surface area (Å²) in [5.74, 6) is -0.419. The zero-order valence-corrected chi connectivity index (χ0v) is 15.9. The van der Waals surface area contributed by atoms with Crippen LogP contribution >= 0.6 is 12.4 Å². The second-order valence-corrected chi connectivity index (χ2v) is 6.65. The Labute approximate surface area is 161 Å². The summed E-state index contributed by atoms with van der Waals surface area (Å²) in [6.07, 6.45) is 2.79. The monoisotopic (exact) mass is 376 g/mol. The second-order valence-electron chi connectivity index (χ2n) is 6.65. The van der Waals surface area contributed by atoms with E-state index in [0.29, 0.717) is 5.69 Å². The Balaban J connectivity index is 0.00000243. The molecule has 140 valence electrons. The molecule has 3 rings (SSSR count). The van der Waals surface area contributed by atoms with Gasteiger partial charge in [0.05, 0.1) is 5.69 Å². The van der Waals surface area contributed by atoms with Gasteiger partial charge in [0.25, 0.3) is 0 Å². The van der Waals surface area contributed by atoms with Gasteiger partial charge >= 0.3 is 0 Å². The maximum absolute atomic E-state index is 14.1. The lowest BCUT2D eigenvalue weighted by Crippen LogP contribution is -2.47. The fourth-order valence-electron chi connectivity index (χ4n) is 3.60. The number of hydrogen-bond acceptors (Lipinski definition) is 2. The van der Waals surface area contributed by atoms with Crippen molar-refractivity contribution >= 4 is 24.0 Å². The molecule has 0 radical (unpaired) electrons. The summed E-state index contributed by atoms with van der Waals surface area (Å²) in [6, 6.07) is 17.1. The van der Waals surface area contributed by atoms with Crippen molar-refractivity contribution < 1.29 is 9.18 Å². The van der Waals surface area contributed by atoms with Gasteiger partial charge in [-0.2, -0.15) is 0 Å². The van der Waals surface area contributed by atoms with Crippen LogP contribution in [-0.2, 0) is 11.2 Å². The minimum absolute atomic E-state index is 0. The van der Waals surface area contributed by atoms with Crippen LogP contribution in [0.2, 0.25) is 0 Å². The van der Waals surface area contributed by atoms with E-state index < -0.39 is 0 Å². The molecule has 0 unspecified atom stereocenters. The first-order valence-electron chi connectivity index (χ1n) is 8.96. The Morgan fingerprint density at radius 1 is 1.08 bits per heavy atom. The molecule has 26 heavy (non-hydrogen) atoms. The number of anilines is 1. The Kier molecular flexibility index (Phi) is 7.61. The lowest BCUT2D eigenvalue weighted by Gasteiger charge is -2.38. The zero-order valence-electron chi connectivity index (χ0n) is 15.1. The quantitative estimate of drug-likeness (QED) is 0.776. The fourth-order valence-corrected chi connectivity index (χ4v) is 3.60. The third-order valence-electron chi connectivity index (χ3n) is 4.93. The van der Waals surface area contributed by atoms with Gasteiger partial charge in [-0.1, -0.05) is 42.5 Å². The number of halogens is 2. The average molecular weight is 377 g/mol. The van der Waals surface area contributed by atoms with E-state index in [1.165, 1.54) is 18.6 Å². The molecule has 1 fully saturated rings. The molecule has 1 aliphatic heterocycles. The number of likely N-dealkylation sites (tertiary alicyclic amines) is 1. The summed E-state index contributed by atoms with van der Waals surface area (Å²) in [4.78, 5) is 16.2. The predicted molar refractivity (Wildman–Crippen MR) is 106 cm³/mol. The molecular formula is C21H26ClFN2O. The van der Waals surface area contributed by atoms with Gasteiger partial charge in [0, 0.05) is 32.6 Å². The number of carbonyl (C=O) groups is 1. The Morgan fingerprint density at radius 2 is 1.69 bits per heavy atom. The number of para-hydroxylation sites is 1. The van der Waals surface area contributed by atoms with Gasteiger partial charge < -0.3 is 9.80 Å². The van der Waals surface area contributed by atoms with E-state index in [1.807, 2.05) is 6.07 Å². The highest BCUT2D eigenvalue weighted by Gasteiger charge is 2.28. The van der Waals surface area contributed by atoms with Gasteiger partial charge in [-0.3, -0.25) is 4.79 Å². The van der Waals surface area contributed by atoms with Gasteiger partial charge in [0.1, 0.15) is 5.82 Å². The number of benzene rings is 2. The van der Waals surface area contributed by atoms with Crippen LogP contribution in [0, 0.1) is 5.82 Å². The van der Waals surface area contributed by atoms with Crippen LogP contribution in [0.25, 0.3) is 0 Å². The molecular weight excluding hydrogens is 351 g/mol. The molecule has 0 spiro atoms. The molecule has 0 aromatic heterocycles. The highest BCUT2D eigenvalue weighted by atomic mass is 35.5. The first-order chi connectivity index (χ1) is 12.1. The molecule has 2 aromatic carbocycles. The zero-order chi connectivity index (χ0) is 17.6. The van der Waals surface area contributed by atoms with Gasteiger partial charge in [0.15, 0.2) is 0 Å². The molecule has 3 nitrogen and oxygen atoms in total. The highest BCUT2D eigenvalue weighted by Crippen LogP contribution is 2.26. The second kappa shape index (κ2) is 9.70. The number of hydrogen-bond donors (Lipinski definition) is 0. The Morgan fingerprint density at radius 3 is 2.31 bits per heavy atom. The van der Waals surface area contributed by atoms with E-state index in [9.17, 15) is 9.18 Å². The number of amides is 1. The number of rotatable bonds is 5. The summed E-state index contributed by atoms with van der Waals surface area (Å²) in [6.45, 7) is 4.43. The third kappa shape index (κ3) is 5.05. The molecule has 0 atom stereocenters. The molecule has 2 aromatic rings. The first kappa shape index (κ1) is 20.4. The number of carbonyl (C=O) groups excluding carboxylic acids is 1. The third-order valence-corrected chi connectivity index (χ3v) is 4.93. The summed E-state index contributed by atoms with van der Waals surface area (Å²) in [7, 11) is 0. The minimum atomic E-state index is -0.329. The first-order valence-corrected chi connectivity index (χ1v) is 8.96. The molecule has 1 amide bonds. The number of piperidine rings is 1. The van der Waals surface area contributed by atoms with Crippen molar-refractivity contribution in [2.75, 3.05) is 24.5 Å². The van der Waals surface area contributed by atoms with Crippen molar-refractivity contribution in [1.82, 2.24) is 4.90 Å². The van der Waals surface area contributed by atoms with Crippen LogP contribution in [-0.4, -0.2) is 36.5 Å².